The number of benzene rings is 6. The minimum atomic E-state index is -0.0147. The molecular weight excluding hydrogens is 834 g/mol. The Bertz CT molecular complexity index is 2980. The van der Waals surface area contributed by atoms with Crippen LogP contribution in [0, 0.1) is 12.1 Å². The van der Waals surface area contributed by atoms with Crippen LogP contribution in [0.3, 0.4) is 0 Å². The number of hydrogen-bond donors (Lipinski definition) is 0. The zero-order valence-electron chi connectivity index (χ0n) is 29.3. The summed E-state index contributed by atoms with van der Waals surface area (Å²) in [7, 11) is 0. The number of para-hydroxylation sites is 3. The van der Waals surface area contributed by atoms with E-state index in [0.717, 1.165) is 66.7 Å². The number of nitrogens with zero attached hydrogens (tertiary/aromatic N) is 5. The predicted molar refractivity (Wildman–Crippen MR) is 210 cm³/mol. The second-order valence-corrected chi connectivity index (χ2v) is 14.2. The molecule has 0 radical (unpaired) electrons. The van der Waals surface area contributed by atoms with Crippen LogP contribution in [0.5, 0.6) is 11.5 Å². The Morgan fingerprint density at radius 2 is 1.36 bits per heavy atom. The summed E-state index contributed by atoms with van der Waals surface area (Å²) in [5, 5.41) is 2.23. The standard InChI is InChI=1S/C46H33N5O.Pt/c1-46(2,3)32-24-25-47-44(27-32)50-39-18-9-7-16-36(39)37-22-21-35(29-42(37)50)52-34-15-11-14-33(28-34)49-41-23-20-31(30-12-5-4-6-13-30)26-43(41)51-40-19-10-8-17-38(40)48-45(49)51;/h4-27H,1-3H3;/q-2;+2. The van der Waals surface area contributed by atoms with Gasteiger partial charge in [0.15, 0.2) is 0 Å². The van der Waals surface area contributed by atoms with Gasteiger partial charge < -0.3 is 13.9 Å². The molecule has 0 aliphatic rings. The molecule has 0 spiro atoms. The first-order chi connectivity index (χ1) is 25.4. The van der Waals surface area contributed by atoms with Gasteiger partial charge in [-0.05, 0) is 70.0 Å². The second-order valence-electron chi connectivity index (χ2n) is 14.2. The van der Waals surface area contributed by atoms with Gasteiger partial charge in [0.2, 0.25) is 5.78 Å². The van der Waals surface area contributed by atoms with E-state index in [1.807, 2.05) is 36.5 Å². The maximum Gasteiger partial charge on any atom is 2.00 e. The Balaban J connectivity index is 0.00000372. The van der Waals surface area contributed by atoms with E-state index < -0.39 is 0 Å². The van der Waals surface area contributed by atoms with E-state index in [2.05, 4.69) is 156 Å². The van der Waals surface area contributed by atoms with E-state index in [0.29, 0.717) is 11.5 Å². The Morgan fingerprint density at radius 1 is 0.585 bits per heavy atom. The molecule has 0 saturated heterocycles. The topological polar surface area (TPSA) is 49.3 Å². The van der Waals surface area contributed by atoms with Crippen LogP contribution < -0.4 is 4.74 Å². The van der Waals surface area contributed by atoms with Crippen LogP contribution in [0.2, 0.25) is 0 Å². The van der Waals surface area contributed by atoms with Crippen LogP contribution >= 0.6 is 0 Å². The Kier molecular flexibility index (Phi) is 7.83. The van der Waals surface area contributed by atoms with Crippen molar-refractivity contribution < 1.29 is 25.8 Å². The first kappa shape index (κ1) is 32.9. The molecule has 4 aromatic heterocycles. The van der Waals surface area contributed by atoms with E-state index in [9.17, 15) is 0 Å². The second kappa shape index (κ2) is 12.6. The third kappa shape index (κ3) is 5.44. The zero-order valence-corrected chi connectivity index (χ0v) is 31.6. The van der Waals surface area contributed by atoms with Crippen molar-refractivity contribution in [1.29, 1.82) is 0 Å². The summed E-state index contributed by atoms with van der Waals surface area (Å²) in [5.41, 5.74) is 10.4. The van der Waals surface area contributed by atoms with Gasteiger partial charge in [0.25, 0.3) is 0 Å². The number of hydrogen-bond acceptors (Lipinski definition) is 3. The van der Waals surface area contributed by atoms with E-state index >= 15 is 0 Å². The first-order valence-corrected chi connectivity index (χ1v) is 17.5. The summed E-state index contributed by atoms with van der Waals surface area (Å²) in [6, 6.07) is 55.3. The Labute approximate surface area is 321 Å². The summed E-state index contributed by atoms with van der Waals surface area (Å²) < 4.78 is 13.1. The number of ether oxygens (including phenoxy) is 1. The van der Waals surface area contributed by atoms with Gasteiger partial charge in [-0.3, -0.25) is 4.40 Å². The van der Waals surface area contributed by atoms with Crippen LogP contribution in [-0.2, 0) is 26.5 Å². The molecule has 7 heteroatoms. The fourth-order valence-electron chi connectivity index (χ4n) is 7.37. The van der Waals surface area contributed by atoms with Crippen molar-refractivity contribution in [2.75, 3.05) is 0 Å². The van der Waals surface area contributed by atoms with Crippen LogP contribution in [0.25, 0.3) is 72.3 Å². The minimum Gasteiger partial charge on any atom is -0.509 e. The average Bonchev–Trinajstić information content (AvgIpc) is 3.81. The van der Waals surface area contributed by atoms with Crippen molar-refractivity contribution in [2.24, 2.45) is 0 Å². The summed E-state index contributed by atoms with van der Waals surface area (Å²) in [5.74, 6) is 2.85. The monoisotopic (exact) mass is 866 g/mol. The molecule has 0 fully saturated rings. The maximum atomic E-state index is 6.56. The summed E-state index contributed by atoms with van der Waals surface area (Å²) >= 11 is 0. The van der Waals surface area contributed by atoms with Gasteiger partial charge in [-0.2, -0.15) is 12.1 Å². The molecule has 10 rings (SSSR count). The van der Waals surface area contributed by atoms with Crippen LogP contribution in [-0.4, -0.2) is 23.5 Å². The average molecular weight is 867 g/mol. The molecule has 0 bridgehead atoms. The van der Waals surface area contributed by atoms with Gasteiger partial charge in [-0.15, -0.1) is 35.7 Å². The molecular formula is C46H33N5OPt. The molecule has 6 nitrogen and oxygen atoms in total. The van der Waals surface area contributed by atoms with Crippen molar-refractivity contribution in [3.05, 3.63) is 163 Å². The largest absolute Gasteiger partial charge is 2.00 e. The zero-order chi connectivity index (χ0) is 35.0. The quantitative estimate of drug-likeness (QED) is 0.162. The van der Waals surface area contributed by atoms with Crippen molar-refractivity contribution in [3.63, 3.8) is 0 Å². The van der Waals surface area contributed by atoms with Crippen molar-refractivity contribution in [2.45, 2.75) is 26.2 Å². The molecule has 0 atom stereocenters. The van der Waals surface area contributed by atoms with Crippen molar-refractivity contribution in [3.8, 4) is 34.1 Å². The predicted octanol–water partition coefficient (Wildman–Crippen LogP) is 11.3. The van der Waals surface area contributed by atoms with Gasteiger partial charge in [-0.25, -0.2) is 9.97 Å². The normalized spacial score (nSPS) is 11.9. The van der Waals surface area contributed by atoms with Crippen LogP contribution in [0.4, 0.5) is 0 Å². The number of imidazole rings is 2. The molecule has 53 heavy (non-hydrogen) atoms. The molecule has 0 N–H and O–H groups in total. The smallest absolute Gasteiger partial charge is 0.509 e. The fourth-order valence-corrected chi connectivity index (χ4v) is 7.37. The van der Waals surface area contributed by atoms with E-state index in [4.69, 9.17) is 14.7 Å². The molecule has 6 aromatic carbocycles. The molecule has 0 aliphatic carbocycles. The number of fused-ring (bicyclic) bond motifs is 8. The van der Waals surface area contributed by atoms with Gasteiger partial charge in [-0.1, -0.05) is 98.7 Å². The third-order valence-electron chi connectivity index (χ3n) is 9.92. The van der Waals surface area contributed by atoms with Crippen molar-refractivity contribution >= 4 is 49.7 Å². The van der Waals surface area contributed by atoms with Gasteiger partial charge in [0.05, 0.1) is 22.1 Å². The van der Waals surface area contributed by atoms with Gasteiger partial charge in [0.1, 0.15) is 5.82 Å². The summed E-state index contributed by atoms with van der Waals surface area (Å²) in [6.07, 6.45) is 1.89. The van der Waals surface area contributed by atoms with E-state index in [-0.39, 0.29) is 26.5 Å². The molecule has 0 unspecified atom stereocenters. The van der Waals surface area contributed by atoms with Crippen LogP contribution in [0.1, 0.15) is 26.3 Å². The fraction of sp³-hybridized carbons (Fsp3) is 0.0870. The summed E-state index contributed by atoms with van der Waals surface area (Å²) in [6.45, 7) is 6.66. The molecule has 4 heterocycles. The maximum absolute atomic E-state index is 6.56. The SMILES string of the molecule is CC(C)(C)c1ccnc(-n2c3[c-]c(Oc4[c-]c(-n5c6ccc(-c7ccccc7)cc6n6c7ccccc7nc56)ccc4)ccc3c3ccccc32)c1.[Pt+2]. The van der Waals surface area contributed by atoms with E-state index in [1.54, 1.807) is 0 Å². The molecule has 0 aliphatic heterocycles. The van der Waals surface area contributed by atoms with Gasteiger partial charge >= 0.3 is 21.1 Å². The van der Waals surface area contributed by atoms with Gasteiger partial charge in [0, 0.05) is 23.2 Å². The third-order valence-corrected chi connectivity index (χ3v) is 9.92. The van der Waals surface area contributed by atoms with Crippen molar-refractivity contribution in [1.82, 2.24) is 23.5 Å². The number of aromatic nitrogens is 5. The van der Waals surface area contributed by atoms with E-state index in [1.165, 1.54) is 11.1 Å². The number of rotatable bonds is 5. The molecule has 0 amide bonds. The number of pyridine rings is 1. The molecule has 0 saturated carbocycles. The first-order valence-electron chi connectivity index (χ1n) is 17.5. The summed E-state index contributed by atoms with van der Waals surface area (Å²) in [4.78, 5) is 9.93. The Hall–Kier alpha value is -5.97. The minimum absolute atomic E-state index is 0. The Morgan fingerprint density at radius 3 is 2.21 bits per heavy atom. The molecule has 10 aromatic rings. The molecule has 258 valence electrons. The van der Waals surface area contributed by atoms with Crippen LogP contribution in [0.15, 0.2) is 146 Å².